The Morgan fingerprint density at radius 1 is 1.07 bits per heavy atom. The highest BCUT2D eigenvalue weighted by Gasteiger charge is 2.66. The number of hydrogen-bond donors (Lipinski definition) is 0. The molecule has 0 aromatic carbocycles. The van der Waals surface area contributed by atoms with Gasteiger partial charge < -0.3 is 0 Å². The zero-order valence-electron chi connectivity index (χ0n) is 25.6. The lowest BCUT2D eigenvalue weighted by molar-refractivity contribution is -0.141. The Kier molecular flexibility index (Phi) is 6.46. The van der Waals surface area contributed by atoms with E-state index in [-0.39, 0.29) is 63.5 Å². The highest BCUT2D eigenvalue weighted by Crippen LogP contribution is 2.69. The SMILES string of the molecule is CCCc1nccn1C(=O)[C@@]12CCC3C(C(=O)C=C4[C@@]5(C)C=C(C#N)C(=O)[C@H](C)C5CC[C@]43C)C1CC(C)(C)CC2. The van der Waals surface area contributed by atoms with E-state index in [2.05, 4.69) is 45.7 Å². The van der Waals surface area contributed by atoms with Gasteiger partial charge in [0.25, 0.3) is 0 Å². The monoisotopic (exact) mass is 555 g/mol. The van der Waals surface area contributed by atoms with Crippen LogP contribution >= 0.6 is 0 Å². The Morgan fingerprint density at radius 3 is 2.51 bits per heavy atom. The molecule has 0 bridgehead atoms. The van der Waals surface area contributed by atoms with Crippen molar-refractivity contribution in [2.45, 2.75) is 99.3 Å². The molecule has 6 rings (SSSR count). The Hall–Kier alpha value is -2.81. The Balaban J connectivity index is 1.46. The predicted octanol–water partition coefficient (Wildman–Crippen LogP) is 6.92. The molecule has 3 saturated carbocycles. The molecule has 6 heteroatoms. The van der Waals surface area contributed by atoms with Gasteiger partial charge in [0.15, 0.2) is 11.6 Å². The molecule has 0 N–H and O–H groups in total. The van der Waals surface area contributed by atoms with Gasteiger partial charge in [-0.2, -0.15) is 5.26 Å². The van der Waals surface area contributed by atoms with Crippen LogP contribution in [0, 0.1) is 62.6 Å². The van der Waals surface area contributed by atoms with Crippen molar-refractivity contribution >= 4 is 17.5 Å². The average molecular weight is 556 g/mol. The summed E-state index contributed by atoms with van der Waals surface area (Å²) in [5.41, 5.74) is 0.164. The average Bonchev–Trinajstić information content (AvgIpc) is 3.39. The largest absolute Gasteiger partial charge is 0.295 e. The molecule has 6 nitrogen and oxygen atoms in total. The summed E-state index contributed by atoms with van der Waals surface area (Å²) in [7, 11) is 0. The van der Waals surface area contributed by atoms with Crippen LogP contribution in [0.15, 0.2) is 35.7 Å². The number of carbonyl (C=O) groups excluding carboxylic acids is 3. The van der Waals surface area contributed by atoms with E-state index in [0.717, 1.165) is 69.2 Å². The number of aromatic nitrogens is 2. The quantitative estimate of drug-likeness (QED) is 0.404. The molecule has 218 valence electrons. The molecular formula is C35H45N3O3. The van der Waals surface area contributed by atoms with Gasteiger partial charge in [-0.25, -0.2) is 4.98 Å². The summed E-state index contributed by atoms with van der Waals surface area (Å²) in [5.74, 6) is 0.855. The standard InChI is InChI=1S/C35H45N3O3/c1-7-8-28-37-15-16-38(28)31(41)35-12-10-24-29(25(35)19-32(3,4)13-14-35)26(39)17-27-33(24,5)11-9-23-21(2)30(40)22(20-36)18-34(23,27)6/h15-18,21,23-25,29H,7-14,19H2,1-6H3/t21-,23?,24?,25?,29?,33+,34+,35-/m1/s1. The van der Waals surface area contributed by atoms with Gasteiger partial charge in [0.2, 0.25) is 5.91 Å². The molecular weight excluding hydrogens is 510 g/mol. The van der Waals surface area contributed by atoms with E-state index < -0.39 is 10.8 Å². The lowest BCUT2D eigenvalue weighted by Gasteiger charge is -2.64. The van der Waals surface area contributed by atoms with Crippen molar-refractivity contribution in [3.8, 4) is 6.07 Å². The van der Waals surface area contributed by atoms with E-state index in [0.29, 0.717) is 0 Å². The molecule has 1 aromatic rings. The second-order valence-corrected chi connectivity index (χ2v) is 15.2. The zero-order valence-corrected chi connectivity index (χ0v) is 25.6. The minimum atomic E-state index is -0.558. The Labute approximate surface area is 244 Å². The number of carbonyl (C=O) groups is 3. The van der Waals surface area contributed by atoms with Crippen molar-refractivity contribution < 1.29 is 14.4 Å². The topological polar surface area (TPSA) is 92.8 Å². The van der Waals surface area contributed by atoms with Crippen LogP contribution in [-0.4, -0.2) is 27.0 Å². The van der Waals surface area contributed by atoms with E-state index in [4.69, 9.17) is 0 Å². The van der Waals surface area contributed by atoms with Gasteiger partial charge in [0, 0.05) is 36.1 Å². The summed E-state index contributed by atoms with van der Waals surface area (Å²) >= 11 is 0. The predicted molar refractivity (Wildman–Crippen MR) is 157 cm³/mol. The fourth-order valence-corrected chi connectivity index (χ4v) is 10.4. The van der Waals surface area contributed by atoms with E-state index >= 15 is 0 Å². The van der Waals surface area contributed by atoms with Gasteiger partial charge in [0.05, 0.1) is 11.0 Å². The summed E-state index contributed by atoms with van der Waals surface area (Å²) < 4.78 is 1.81. The van der Waals surface area contributed by atoms with Crippen LogP contribution in [0.4, 0.5) is 0 Å². The molecule has 0 spiro atoms. The van der Waals surface area contributed by atoms with E-state index in [1.165, 1.54) is 0 Å². The summed E-state index contributed by atoms with van der Waals surface area (Å²) in [4.78, 5) is 46.5. The molecule has 8 atom stereocenters. The Morgan fingerprint density at radius 2 is 1.80 bits per heavy atom. The van der Waals surface area contributed by atoms with Crippen molar-refractivity contribution in [3.63, 3.8) is 0 Å². The summed E-state index contributed by atoms with van der Waals surface area (Å²) in [6.07, 6.45) is 15.2. The summed E-state index contributed by atoms with van der Waals surface area (Å²) in [5, 5.41) is 9.81. The maximum absolute atomic E-state index is 14.6. The lowest BCUT2D eigenvalue weighted by Crippen LogP contribution is -2.61. The smallest absolute Gasteiger partial charge is 0.238 e. The van der Waals surface area contributed by atoms with Crippen molar-refractivity contribution in [3.05, 3.63) is 41.5 Å². The fourth-order valence-electron chi connectivity index (χ4n) is 10.4. The number of nitriles is 1. The van der Waals surface area contributed by atoms with Crippen molar-refractivity contribution in [1.82, 2.24) is 9.55 Å². The van der Waals surface area contributed by atoms with Crippen molar-refractivity contribution in [2.75, 3.05) is 0 Å². The molecule has 4 unspecified atom stereocenters. The first-order valence-corrected chi connectivity index (χ1v) is 15.8. The number of hydrogen-bond acceptors (Lipinski definition) is 5. The molecule has 0 aliphatic heterocycles. The van der Waals surface area contributed by atoms with Crippen molar-refractivity contribution in [2.24, 2.45) is 51.2 Å². The number of ketones is 2. The van der Waals surface area contributed by atoms with Gasteiger partial charge in [-0.05, 0) is 86.0 Å². The second-order valence-electron chi connectivity index (χ2n) is 15.2. The molecule has 1 aromatic heterocycles. The zero-order chi connectivity index (χ0) is 29.5. The van der Waals surface area contributed by atoms with Crippen molar-refractivity contribution in [1.29, 1.82) is 5.26 Å². The summed E-state index contributed by atoms with van der Waals surface area (Å²) in [6.45, 7) is 13.1. The van der Waals surface area contributed by atoms with E-state index in [9.17, 15) is 19.6 Å². The third kappa shape index (κ3) is 3.86. The number of fused-ring (bicyclic) bond motifs is 7. The number of Topliss-reactive ketones (excluding diaryl/α,β-unsaturated/α-hetero) is 1. The third-order valence-corrected chi connectivity index (χ3v) is 12.6. The van der Waals surface area contributed by atoms with Crippen LogP contribution in [0.5, 0.6) is 0 Å². The normalized spacial score (nSPS) is 41.1. The third-order valence-electron chi connectivity index (χ3n) is 12.6. The van der Waals surface area contributed by atoms with Gasteiger partial charge >= 0.3 is 0 Å². The molecule has 0 amide bonds. The van der Waals surface area contributed by atoms with Crippen LogP contribution in [0.3, 0.4) is 0 Å². The molecule has 0 radical (unpaired) electrons. The van der Waals surface area contributed by atoms with Gasteiger partial charge in [0.1, 0.15) is 11.9 Å². The first kappa shape index (κ1) is 28.3. The minimum absolute atomic E-state index is 0.0147. The Bertz CT molecular complexity index is 1420. The molecule has 41 heavy (non-hydrogen) atoms. The minimum Gasteiger partial charge on any atom is -0.295 e. The van der Waals surface area contributed by atoms with Crippen LogP contribution < -0.4 is 0 Å². The van der Waals surface area contributed by atoms with Crippen LogP contribution in [-0.2, 0) is 16.0 Å². The van der Waals surface area contributed by atoms with Gasteiger partial charge in [-0.3, -0.25) is 19.0 Å². The first-order valence-electron chi connectivity index (χ1n) is 15.8. The maximum Gasteiger partial charge on any atom is 0.238 e. The van der Waals surface area contributed by atoms with Crippen LogP contribution in [0.2, 0.25) is 0 Å². The maximum atomic E-state index is 14.6. The lowest BCUT2D eigenvalue weighted by atomic mass is 9.39. The van der Waals surface area contributed by atoms with E-state index in [1.54, 1.807) is 6.20 Å². The highest BCUT2D eigenvalue weighted by molar-refractivity contribution is 6.02. The summed E-state index contributed by atoms with van der Waals surface area (Å²) in [6, 6.07) is 2.16. The molecule has 1 heterocycles. The number of allylic oxidation sites excluding steroid dienone is 4. The number of nitrogens with zero attached hydrogens (tertiary/aromatic N) is 3. The molecule has 5 aliphatic carbocycles. The molecule has 3 fully saturated rings. The van der Waals surface area contributed by atoms with Crippen LogP contribution in [0.1, 0.15) is 104 Å². The van der Waals surface area contributed by atoms with Gasteiger partial charge in [-0.1, -0.05) is 53.2 Å². The molecule has 5 aliphatic rings. The van der Waals surface area contributed by atoms with Crippen LogP contribution in [0.25, 0.3) is 0 Å². The number of rotatable bonds is 3. The fraction of sp³-hybridized carbons (Fsp3) is 0.686. The molecule has 0 saturated heterocycles. The number of aryl methyl sites for hydroxylation is 1. The number of imidazole rings is 1. The van der Waals surface area contributed by atoms with E-state index in [1.807, 2.05) is 29.8 Å². The van der Waals surface area contributed by atoms with Gasteiger partial charge in [-0.15, -0.1) is 0 Å². The first-order chi connectivity index (χ1) is 19.3. The highest BCUT2D eigenvalue weighted by atomic mass is 16.2. The second kappa shape index (κ2) is 9.35.